The van der Waals surface area contributed by atoms with Crippen LogP contribution in [0.15, 0.2) is 30.3 Å². The number of thiophene rings is 1. The summed E-state index contributed by atoms with van der Waals surface area (Å²) in [5.41, 5.74) is 0.411. The van der Waals surface area contributed by atoms with E-state index in [-0.39, 0.29) is 22.8 Å². The predicted molar refractivity (Wildman–Crippen MR) is 85.0 cm³/mol. The van der Waals surface area contributed by atoms with Crippen LogP contribution < -0.4 is 10.6 Å². The van der Waals surface area contributed by atoms with Crippen LogP contribution in [-0.4, -0.2) is 11.8 Å². The molecular formula is C15H12ClFN2O2S. The zero-order valence-electron chi connectivity index (χ0n) is 11.4. The SMILES string of the molecule is O=C(Nc1ccc(F)c(Cl)c1)c1ccc(NC(=O)C2CC2)s1. The third-order valence-electron chi connectivity index (χ3n) is 3.20. The van der Waals surface area contributed by atoms with Gasteiger partial charge in [0.1, 0.15) is 5.82 Å². The number of rotatable bonds is 4. The van der Waals surface area contributed by atoms with E-state index in [1.165, 1.54) is 29.5 Å². The highest BCUT2D eigenvalue weighted by atomic mass is 35.5. The molecule has 3 rings (SSSR count). The highest BCUT2D eigenvalue weighted by Crippen LogP contribution is 2.31. The van der Waals surface area contributed by atoms with Crippen molar-refractivity contribution in [3.8, 4) is 0 Å². The van der Waals surface area contributed by atoms with Crippen LogP contribution in [0.25, 0.3) is 0 Å². The summed E-state index contributed by atoms with van der Waals surface area (Å²) in [6.45, 7) is 0. The van der Waals surface area contributed by atoms with Crippen molar-refractivity contribution >= 4 is 45.4 Å². The lowest BCUT2D eigenvalue weighted by Gasteiger charge is -2.04. The second kappa shape index (κ2) is 6.06. The first-order chi connectivity index (χ1) is 10.5. The fraction of sp³-hybridized carbons (Fsp3) is 0.200. The van der Waals surface area contributed by atoms with Gasteiger partial charge in [0.25, 0.3) is 5.91 Å². The Morgan fingerprint density at radius 3 is 2.64 bits per heavy atom. The Hall–Kier alpha value is -1.92. The maximum Gasteiger partial charge on any atom is 0.265 e. The Bertz CT molecular complexity index is 743. The molecule has 0 unspecified atom stereocenters. The maximum absolute atomic E-state index is 13.1. The first kappa shape index (κ1) is 15.0. The lowest BCUT2D eigenvalue weighted by atomic mass is 10.3. The van der Waals surface area contributed by atoms with Crippen LogP contribution in [0, 0.1) is 11.7 Å². The first-order valence-electron chi connectivity index (χ1n) is 6.70. The Labute approximate surface area is 135 Å². The van der Waals surface area contributed by atoms with Crippen LogP contribution >= 0.6 is 22.9 Å². The van der Waals surface area contributed by atoms with Gasteiger partial charge in [0, 0.05) is 11.6 Å². The van der Waals surface area contributed by atoms with E-state index in [9.17, 15) is 14.0 Å². The van der Waals surface area contributed by atoms with Crippen molar-refractivity contribution in [1.82, 2.24) is 0 Å². The largest absolute Gasteiger partial charge is 0.321 e. The van der Waals surface area contributed by atoms with E-state index < -0.39 is 5.82 Å². The van der Waals surface area contributed by atoms with Crippen molar-refractivity contribution in [2.24, 2.45) is 5.92 Å². The summed E-state index contributed by atoms with van der Waals surface area (Å²) in [6, 6.07) is 7.29. The second-order valence-corrected chi connectivity index (χ2v) is 6.50. The molecule has 1 fully saturated rings. The van der Waals surface area contributed by atoms with E-state index in [1.54, 1.807) is 12.1 Å². The number of nitrogens with one attached hydrogen (secondary N) is 2. The van der Waals surface area contributed by atoms with Crippen LogP contribution in [-0.2, 0) is 4.79 Å². The Morgan fingerprint density at radius 1 is 1.18 bits per heavy atom. The number of halogens is 2. The van der Waals surface area contributed by atoms with Crippen molar-refractivity contribution in [3.63, 3.8) is 0 Å². The molecule has 1 aromatic heterocycles. The number of amides is 2. The summed E-state index contributed by atoms with van der Waals surface area (Å²) in [7, 11) is 0. The highest BCUT2D eigenvalue weighted by molar-refractivity contribution is 7.18. The zero-order valence-corrected chi connectivity index (χ0v) is 12.9. The maximum atomic E-state index is 13.1. The van der Waals surface area contributed by atoms with Gasteiger partial charge in [0.15, 0.2) is 0 Å². The molecule has 1 saturated carbocycles. The monoisotopic (exact) mass is 338 g/mol. The molecule has 4 nitrogen and oxygen atoms in total. The molecule has 0 radical (unpaired) electrons. The molecule has 22 heavy (non-hydrogen) atoms. The summed E-state index contributed by atoms with van der Waals surface area (Å²) in [4.78, 5) is 24.2. The fourth-order valence-electron chi connectivity index (χ4n) is 1.86. The standard InChI is InChI=1S/C15H12ClFN2O2S/c16-10-7-9(3-4-11(10)17)18-15(21)12-5-6-13(22-12)19-14(20)8-1-2-8/h3-8H,1-2H2,(H,18,21)(H,19,20). The van der Waals surface area contributed by atoms with Crippen molar-refractivity contribution in [2.45, 2.75) is 12.8 Å². The van der Waals surface area contributed by atoms with Gasteiger partial charge in [-0.25, -0.2) is 4.39 Å². The van der Waals surface area contributed by atoms with E-state index in [4.69, 9.17) is 11.6 Å². The molecule has 0 saturated heterocycles. The molecule has 1 aromatic carbocycles. The van der Waals surface area contributed by atoms with E-state index in [1.807, 2.05) is 0 Å². The zero-order chi connectivity index (χ0) is 15.7. The summed E-state index contributed by atoms with van der Waals surface area (Å²) in [6.07, 6.45) is 1.85. The van der Waals surface area contributed by atoms with Crippen LogP contribution in [0.3, 0.4) is 0 Å². The quantitative estimate of drug-likeness (QED) is 0.880. The lowest BCUT2D eigenvalue weighted by molar-refractivity contribution is -0.117. The highest BCUT2D eigenvalue weighted by Gasteiger charge is 2.29. The van der Waals surface area contributed by atoms with Crippen molar-refractivity contribution in [1.29, 1.82) is 0 Å². The summed E-state index contributed by atoms with van der Waals surface area (Å²) >= 11 is 6.86. The van der Waals surface area contributed by atoms with Crippen molar-refractivity contribution in [2.75, 3.05) is 10.6 Å². The minimum absolute atomic E-state index is 0.000811. The molecule has 7 heteroatoms. The molecule has 0 aliphatic heterocycles. The molecule has 0 spiro atoms. The van der Waals surface area contributed by atoms with Gasteiger partial charge in [-0.1, -0.05) is 11.6 Å². The fourth-order valence-corrected chi connectivity index (χ4v) is 2.85. The number of carbonyl (C=O) groups is 2. The molecule has 1 heterocycles. The normalized spacial score (nSPS) is 13.7. The first-order valence-corrected chi connectivity index (χ1v) is 7.89. The van der Waals surface area contributed by atoms with E-state index in [0.717, 1.165) is 12.8 Å². The molecule has 2 aromatic rings. The number of hydrogen-bond acceptors (Lipinski definition) is 3. The lowest BCUT2D eigenvalue weighted by Crippen LogP contribution is -2.12. The molecule has 114 valence electrons. The molecule has 0 atom stereocenters. The topological polar surface area (TPSA) is 58.2 Å². The average molecular weight is 339 g/mol. The third kappa shape index (κ3) is 3.45. The van der Waals surface area contributed by atoms with Crippen LogP contribution in [0.2, 0.25) is 5.02 Å². The third-order valence-corrected chi connectivity index (χ3v) is 4.49. The average Bonchev–Trinajstić information content (AvgIpc) is 3.23. The number of carbonyl (C=O) groups excluding carboxylic acids is 2. The van der Waals surface area contributed by atoms with Gasteiger partial charge < -0.3 is 10.6 Å². The molecule has 0 bridgehead atoms. The minimum Gasteiger partial charge on any atom is -0.321 e. The molecule has 2 N–H and O–H groups in total. The van der Waals surface area contributed by atoms with Crippen LogP contribution in [0.4, 0.5) is 15.1 Å². The minimum atomic E-state index is -0.541. The van der Waals surface area contributed by atoms with Gasteiger partial charge in [-0.2, -0.15) is 0 Å². The van der Waals surface area contributed by atoms with Gasteiger partial charge in [0.2, 0.25) is 5.91 Å². The molecule has 1 aliphatic rings. The summed E-state index contributed by atoms with van der Waals surface area (Å²) in [5.74, 6) is -0.764. The van der Waals surface area contributed by atoms with Crippen LogP contribution in [0.1, 0.15) is 22.5 Å². The summed E-state index contributed by atoms with van der Waals surface area (Å²) < 4.78 is 13.1. The Kier molecular flexibility index (Phi) is 4.13. The smallest absolute Gasteiger partial charge is 0.265 e. The number of anilines is 2. The number of benzene rings is 1. The van der Waals surface area contributed by atoms with E-state index in [2.05, 4.69) is 10.6 Å². The summed E-state index contributed by atoms with van der Waals surface area (Å²) in [5, 5.41) is 6.01. The predicted octanol–water partition coefficient (Wildman–Crippen LogP) is 4.14. The molecule has 2 amide bonds. The number of hydrogen-bond donors (Lipinski definition) is 2. The van der Waals surface area contributed by atoms with Crippen molar-refractivity contribution < 1.29 is 14.0 Å². The Morgan fingerprint density at radius 2 is 1.95 bits per heavy atom. The van der Waals surface area contributed by atoms with E-state index in [0.29, 0.717) is 15.6 Å². The van der Waals surface area contributed by atoms with Gasteiger partial charge >= 0.3 is 0 Å². The molecular weight excluding hydrogens is 327 g/mol. The van der Waals surface area contributed by atoms with Gasteiger partial charge in [-0.05, 0) is 43.2 Å². The Balaban J connectivity index is 1.65. The van der Waals surface area contributed by atoms with Crippen LogP contribution in [0.5, 0.6) is 0 Å². The van der Waals surface area contributed by atoms with Gasteiger partial charge in [-0.3, -0.25) is 9.59 Å². The van der Waals surface area contributed by atoms with Crippen molar-refractivity contribution in [3.05, 3.63) is 46.0 Å². The van der Waals surface area contributed by atoms with E-state index >= 15 is 0 Å². The van der Waals surface area contributed by atoms with Gasteiger partial charge in [-0.15, -0.1) is 11.3 Å². The second-order valence-electron chi connectivity index (χ2n) is 5.01. The van der Waals surface area contributed by atoms with Gasteiger partial charge in [0.05, 0.1) is 14.9 Å². The molecule has 1 aliphatic carbocycles.